The number of benzene rings is 2. The molecule has 0 spiro atoms. The molecule has 0 radical (unpaired) electrons. The van der Waals surface area contributed by atoms with Crippen LogP contribution in [0.15, 0.2) is 53.7 Å². The van der Waals surface area contributed by atoms with Gasteiger partial charge in [-0.15, -0.1) is 5.10 Å². The van der Waals surface area contributed by atoms with E-state index in [9.17, 15) is 4.79 Å². The first-order chi connectivity index (χ1) is 14.7. The predicted molar refractivity (Wildman–Crippen MR) is 116 cm³/mol. The van der Waals surface area contributed by atoms with Gasteiger partial charge in [-0.1, -0.05) is 48.2 Å². The third-order valence-corrected chi connectivity index (χ3v) is 6.40. The lowest BCUT2D eigenvalue weighted by molar-refractivity contribution is -0.131. The molecule has 0 N–H and O–H groups in total. The fourth-order valence-electron chi connectivity index (χ4n) is 3.64. The van der Waals surface area contributed by atoms with Crippen molar-refractivity contribution in [1.29, 1.82) is 0 Å². The molecule has 1 aliphatic heterocycles. The van der Waals surface area contributed by atoms with Crippen molar-refractivity contribution in [2.75, 3.05) is 20.2 Å². The first-order valence-electron chi connectivity index (χ1n) is 10.1. The molecule has 1 amide bonds. The third-order valence-electron chi connectivity index (χ3n) is 5.22. The minimum atomic E-state index is -0.412. The summed E-state index contributed by atoms with van der Waals surface area (Å²) in [7, 11) is 1.62. The molecule has 1 aromatic heterocycles. The maximum Gasteiger partial charge on any atom is 0.240 e. The number of rotatable bonds is 6. The molecule has 1 aliphatic rings. The van der Waals surface area contributed by atoms with E-state index in [2.05, 4.69) is 15.5 Å². The van der Waals surface area contributed by atoms with E-state index in [4.69, 9.17) is 4.74 Å². The van der Waals surface area contributed by atoms with Gasteiger partial charge in [0.25, 0.3) is 0 Å². The fourth-order valence-corrected chi connectivity index (χ4v) is 4.72. The number of tetrazole rings is 1. The Labute approximate surface area is 180 Å². The molecule has 8 heteroatoms. The first kappa shape index (κ1) is 20.4. The molecular formula is C22H25N5O2S. The molecule has 2 heterocycles. The highest BCUT2D eigenvalue weighted by molar-refractivity contribution is 8.00. The Morgan fingerprint density at radius 1 is 1.10 bits per heavy atom. The van der Waals surface area contributed by atoms with E-state index in [1.165, 1.54) is 18.2 Å². The fraction of sp³-hybridized carbons (Fsp3) is 0.364. The number of aromatic nitrogens is 4. The SMILES string of the molecule is COc1ccc(C)cc1-n1nnnc1S[C@@H](C(=O)N1CCCCC1)c1ccccc1. The Balaban J connectivity index is 1.69. The Morgan fingerprint density at radius 3 is 2.60 bits per heavy atom. The topological polar surface area (TPSA) is 73.1 Å². The lowest BCUT2D eigenvalue weighted by atomic mass is 10.1. The van der Waals surface area contributed by atoms with Crippen LogP contribution in [0.3, 0.4) is 0 Å². The van der Waals surface area contributed by atoms with Crippen molar-refractivity contribution in [2.24, 2.45) is 0 Å². The van der Waals surface area contributed by atoms with Gasteiger partial charge in [-0.2, -0.15) is 4.68 Å². The summed E-state index contributed by atoms with van der Waals surface area (Å²) in [5.41, 5.74) is 2.77. The van der Waals surface area contributed by atoms with E-state index in [-0.39, 0.29) is 5.91 Å². The zero-order valence-corrected chi connectivity index (χ0v) is 18.0. The molecular weight excluding hydrogens is 398 g/mol. The second kappa shape index (κ2) is 9.30. The zero-order valence-electron chi connectivity index (χ0n) is 17.2. The molecule has 1 atom stereocenters. The van der Waals surface area contributed by atoms with Gasteiger partial charge < -0.3 is 9.64 Å². The minimum Gasteiger partial charge on any atom is -0.494 e. The predicted octanol–water partition coefficient (Wildman–Crippen LogP) is 3.83. The van der Waals surface area contributed by atoms with Gasteiger partial charge in [0.1, 0.15) is 16.7 Å². The summed E-state index contributed by atoms with van der Waals surface area (Å²) in [5.74, 6) is 0.782. The van der Waals surface area contributed by atoms with Crippen molar-refractivity contribution in [3.05, 3.63) is 59.7 Å². The van der Waals surface area contributed by atoms with Gasteiger partial charge in [-0.3, -0.25) is 4.79 Å². The number of methoxy groups -OCH3 is 1. The van der Waals surface area contributed by atoms with Crippen LogP contribution in [-0.4, -0.2) is 51.2 Å². The van der Waals surface area contributed by atoms with Crippen LogP contribution in [0.1, 0.15) is 35.6 Å². The van der Waals surface area contributed by atoms with Gasteiger partial charge in [0.15, 0.2) is 0 Å². The number of thioether (sulfide) groups is 1. The van der Waals surface area contributed by atoms with Crippen LogP contribution in [-0.2, 0) is 4.79 Å². The number of piperidine rings is 1. The third kappa shape index (κ3) is 4.33. The highest BCUT2D eigenvalue weighted by Gasteiger charge is 2.30. The quantitative estimate of drug-likeness (QED) is 0.561. The highest BCUT2D eigenvalue weighted by atomic mass is 32.2. The van der Waals surface area contributed by atoms with Crippen LogP contribution in [0.2, 0.25) is 0 Å². The summed E-state index contributed by atoms with van der Waals surface area (Å²) in [6.07, 6.45) is 3.28. The van der Waals surface area contributed by atoms with E-state index in [0.717, 1.165) is 42.7 Å². The molecule has 0 bridgehead atoms. The van der Waals surface area contributed by atoms with E-state index in [1.807, 2.05) is 60.4 Å². The van der Waals surface area contributed by atoms with E-state index >= 15 is 0 Å². The van der Waals surface area contributed by atoms with Crippen LogP contribution in [0.4, 0.5) is 0 Å². The number of hydrogen-bond donors (Lipinski definition) is 0. The van der Waals surface area contributed by atoms with Gasteiger partial charge in [0.05, 0.1) is 7.11 Å². The smallest absolute Gasteiger partial charge is 0.240 e. The normalized spacial score (nSPS) is 15.1. The van der Waals surface area contributed by atoms with Crippen molar-refractivity contribution in [3.63, 3.8) is 0 Å². The van der Waals surface area contributed by atoms with Crippen LogP contribution in [0, 0.1) is 6.92 Å². The van der Waals surface area contributed by atoms with Crippen molar-refractivity contribution in [3.8, 4) is 11.4 Å². The summed E-state index contributed by atoms with van der Waals surface area (Å²) in [5, 5.41) is 12.4. The summed E-state index contributed by atoms with van der Waals surface area (Å²) in [6, 6.07) is 15.7. The number of likely N-dealkylation sites (tertiary alicyclic amines) is 1. The average Bonchev–Trinajstić information content (AvgIpc) is 3.26. The summed E-state index contributed by atoms with van der Waals surface area (Å²) in [6.45, 7) is 3.62. The van der Waals surface area contributed by atoms with Gasteiger partial charge in [-0.05, 0) is 59.9 Å². The molecule has 0 aliphatic carbocycles. The van der Waals surface area contributed by atoms with E-state index in [1.54, 1.807) is 11.8 Å². The molecule has 2 aromatic carbocycles. The summed E-state index contributed by atoms with van der Waals surface area (Å²) in [4.78, 5) is 15.4. The second-order valence-corrected chi connectivity index (χ2v) is 8.42. The van der Waals surface area contributed by atoms with Crippen molar-refractivity contribution in [1.82, 2.24) is 25.1 Å². The lowest BCUT2D eigenvalue weighted by Crippen LogP contribution is -2.38. The molecule has 7 nitrogen and oxygen atoms in total. The van der Waals surface area contributed by atoms with Gasteiger partial charge in [-0.25, -0.2) is 0 Å². The van der Waals surface area contributed by atoms with Gasteiger partial charge >= 0.3 is 0 Å². The van der Waals surface area contributed by atoms with Crippen LogP contribution < -0.4 is 4.74 Å². The zero-order chi connectivity index (χ0) is 20.9. The van der Waals surface area contributed by atoms with Crippen molar-refractivity contribution in [2.45, 2.75) is 36.6 Å². The Kier molecular flexibility index (Phi) is 6.32. The Hall–Kier alpha value is -2.87. The molecule has 3 aromatic rings. The molecule has 0 saturated carbocycles. The number of amides is 1. The van der Waals surface area contributed by atoms with Gasteiger partial charge in [0.2, 0.25) is 11.1 Å². The van der Waals surface area contributed by atoms with Crippen LogP contribution >= 0.6 is 11.8 Å². The molecule has 4 rings (SSSR count). The summed E-state index contributed by atoms with van der Waals surface area (Å²) >= 11 is 1.38. The van der Waals surface area contributed by atoms with Crippen molar-refractivity contribution < 1.29 is 9.53 Å². The Morgan fingerprint density at radius 2 is 1.87 bits per heavy atom. The maximum absolute atomic E-state index is 13.5. The molecule has 1 saturated heterocycles. The van der Waals surface area contributed by atoms with Crippen molar-refractivity contribution >= 4 is 17.7 Å². The molecule has 30 heavy (non-hydrogen) atoms. The molecule has 156 valence electrons. The lowest BCUT2D eigenvalue weighted by Gasteiger charge is -2.30. The number of hydrogen-bond acceptors (Lipinski definition) is 6. The maximum atomic E-state index is 13.5. The largest absolute Gasteiger partial charge is 0.494 e. The monoisotopic (exact) mass is 423 g/mol. The number of ether oxygens (including phenoxy) is 1. The second-order valence-electron chi connectivity index (χ2n) is 7.34. The Bertz CT molecular complexity index is 1000. The van der Waals surface area contributed by atoms with Crippen LogP contribution in [0.5, 0.6) is 5.75 Å². The molecule has 1 fully saturated rings. The number of carbonyl (C=O) groups is 1. The minimum absolute atomic E-state index is 0.108. The van der Waals surface area contributed by atoms with Crippen LogP contribution in [0.25, 0.3) is 5.69 Å². The number of aryl methyl sites for hydroxylation is 1. The van der Waals surface area contributed by atoms with E-state index < -0.39 is 5.25 Å². The number of carbonyl (C=O) groups excluding carboxylic acids is 1. The van der Waals surface area contributed by atoms with Gasteiger partial charge in [0, 0.05) is 13.1 Å². The number of nitrogens with zero attached hydrogens (tertiary/aromatic N) is 5. The first-order valence-corrected chi connectivity index (χ1v) is 11.0. The van der Waals surface area contributed by atoms with E-state index in [0.29, 0.717) is 10.9 Å². The summed E-state index contributed by atoms with van der Waals surface area (Å²) < 4.78 is 7.16. The molecule has 0 unspecified atom stereocenters. The standard InChI is InChI=1S/C22H25N5O2S/c1-16-11-12-19(29-2)18(15-16)27-22(23-24-25-27)30-20(17-9-5-3-6-10-17)21(28)26-13-7-4-8-14-26/h3,5-6,9-12,15,20H,4,7-8,13-14H2,1-2H3/t20-/m1/s1. The average molecular weight is 424 g/mol. The highest BCUT2D eigenvalue weighted by Crippen LogP contribution is 2.38.